The van der Waals surface area contributed by atoms with E-state index in [1.54, 1.807) is 12.1 Å². The SMILES string of the molecule is Cc1ccc(S(=O)(=O)N=S=N)cc1. The van der Waals surface area contributed by atoms with Crippen LogP contribution in [0.25, 0.3) is 0 Å². The molecule has 0 atom stereocenters. The highest BCUT2D eigenvalue weighted by Gasteiger charge is 2.10. The zero-order valence-corrected chi connectivity index (χ0v) is 8.52. The average molecular weight is 216 g/mol. The maximum Gasteiger partial charge on any atom is 0.293 e. The van der Waals surface area contributed by atoms with Crippen molar-refractivity contribution >= 4 is 21.4 Å². The van der Waals surface area contributed by atoms with E-state index in [2.05, 4.69) is 3.77 Å². The molecular weight excluding hydrogens is 208 g/mol. The van der Waals surface area contributed by atoms with Gasteiger partial charge in [0.2, 0.25) is 0 Å². The number of nitrogens with zero attached hydrogens (tertiary/aromatic N) is 1. The third kappa shape index (κ3) is 2.46. The van der Waals surface area contributed by atoms with E-state index in [1.807, 2.05) is 6.92 Å². The zero-order chi connectivity index (χ0) is 9.90. The van der Waals surface area contributed by atoms with Crippen molar-refractivity contribution in [2.45, 2.75) is 11.8 Å². The summed E-state index contributed by atoms with van der Waals surface area (Å²) in [6.07, 6.45) is 0. The zero-order valence-electron chi connectivity index (χ0n) is 6.89. The topological polar surface area (TPSA) is 70.3 Å². The van der Waals surface area contributed by atoms with Crippen LogP contribution in [0, 0.1) is 11.7 Å². The first-order valence-corrected chi connectivity index (χ1v) is 5.64. The minimum absolute atomic E-state index is 0.123. The summed E-state index contributed by atoms with van der Waals surface area (Å²) in [5.41, 5.74) is 0.984. The molecule has 0 heterocycles. The van der Waals surface area contributed by atoms with Gasteiger partial charge in [-0.15, -0.1) is 0 Å². The second kappa shape index (κ2) is 3.80. The van der Waals surface area contributed by atoms with Crippen LogP contribution in [0.5, 0.6) is 0 Å². The lowest BCUT2D eigenvalue weighted by Crippen LogP contribution is -1.94. The lowest BCUT2D eigenvalue weighted by molar-refractivity contribution is 0.598. The summed E-state index contributed by atoms with van der Waals surface area (Å²) in [4.78, 5) is 0.123. The molecule has 0 spiro atoms. The van der Waals surface area contributed by atoms with Crippen LogP contribution >= 0.6 is 0 Å². The summed E-state index contributed by atoms with van der Waals surface area (Å²) in [5, 5.41) is 0. The first kappa shape index (κ1) is 10.1. The maximum absolute atomic E-state index is 11.2. The number of hydrogen-bond acceptors (Lipinski definition) is 3. The minimum atomic E-state index is -3.63. The van der Waals surface area contributed by atoms with Gasteiger partial charge in [-0.05, 0) is 19.1 Å². The number of benzene rings is 1. The van der Waals surface area contributed by atoms with Gasteiger partial charge in [-0.1, -0.05) is 21.5 Å². The summed E-state index contributed by atoms with van der Waals surface area (Å²) in [5.74, 6) is 0. The molecule has 0 bridgehead atoms. The monoisotopic (exact) mass is 216 g/mol. The van der Waals surface area contributed by atoms with Crippen molar-refractivity contribution < 1.29 is 8.42 Å². The fourth-order valence-corrected chi connectivity index (χ4v) is 2.02. The summed E-state index contributed by atoms with van der Waals surface area (Å²) in [6, 6.07) is 6.34. The van der Waals surface area contributed by atoms with Crippen LogP contribution in [-0.2, 0) is 21.4 Å². The van der Waals surface area contributed by atoms with Gasteiger partial charge in [0.05, 0.1) is 16.3 Å². The van der Waals surface area contributed by atoms with Crippen molar-refractivity contribution in [3.63, 3.8) is 0 Å². The lowest BCUT2D eigenvalue weighted by Gasteiger charge is -1.96. The van der Waals surface area contributed by atoms with E-state index in [1.165, 1.54) is 12.1 Å². The molecule has 0 amide bonds. The van der Waals surface area contributed by atoms with Crippen molar-refractivity contribution in [3.05, 3.63) is 29.8 Å². The molecule has 0 radical (unpaired) electrons. The smallest absolute Gasteiger partial charge is 0.228 e. The van der Waals surface area contributed by atoms with Crippen molar-refractivity contribution in [1.29, 1.82) is 4.78 Å². The Labute approximate surface area is 80.3 Å². The molecule has 0 aliphatic carbocycles. The Morgan fingerprint density at radius 1 is 1.31 bits per heavy atom. The van der Waals surface area contributed by atoms with Gasteiger partial charge in [0.25, 0.3) is 10.0 Å². The Balaban J connectivity index is 3.24. The van der Waals surface area contributed by atoms with E-state index in [0.717, 1.165) is 5.56 Å². The highest BCUT2D eigenvalue weighted by Crippen LogP contribution is 2.12. The number of aryl methyl sites for hydroxylation is 1. The van der Waals surface area contributed by atoms with Gasteiger partial charge in [-0.25, -0.2) is 4.78 Å². The molecule has 1 rings (SSSR count). The molecule has 4 nitrogen and oxygen atoms in total. The predicted octanol–water partition coefficient (Wildman–Crippen LogP) is 1.71. The van der Waals surface area contributed by atoms with Crippen molar-refractivity contribution in [2.24, 2.45) is 3.77 Å². The van der Waals surface area contributed by atoms with E-state index in [0.29, 0.717) is 0 Å². The molecule has 70 valence electrons. The molecule has 6 heteroatoms. The van der Waals surface area contributed by atoms with Gasteiger partial charge in [0.15, 0.2) is 0 Å². The van der Waals surface area contributed by atoms with E-state index in [-0.39, 0.29) is 16.3 Å². The summed E-state index contributed by atoms with van der Waals surface area (Å²) < 4.78 is 32.2. The minimum Gasteiger partial charge on any atom is -0.228 e. The largest absolute Gasteiger partial charge is 0.293 e. The molecule has 1 N–H and O–H groups in total. The van der Waals surface area contributed by atoms with Gasteiger partial charge in [-0.3, -0.25) is 0 Å². The Morgan fingerprint density at radius 3 is 2.31 bits per heavy atom. The third-order valence-electron chi connectivity index (χ3n) is 1.45. The molecule has 0 saturated heterocycles. The van der Waals surface area contributed by atoms with E-state index in [9.17, 15) is 8.42 Å². The summed E-state index contributed by atoms with van der Waals surface area (Å²) in [6.45, 7) is 1.87. The van der Waals surface area contributed by atoms with Gasteiger partial charge < -0.3 is 0 Å². The fourth-order valence-electron chi connectivity index (χ4n) is 0.802. The number of hydrogen-bond donors (Lipinski definition) is 1. The molecule has 0 aromatic heterocycles. The molecule has 0 fully saturated rings. The lowest BCUT2D eigenvalue weighted by atomic mass is 10.2. The Morgan fingerprint density at radius 2 is 1.85 bits per heavy atom. The molecular formula is C7H8N2O2S2. The normalized spacial score (nSPS) is 10.8. The Hall–Kier alpha value is -1.01. The second-order valence-corrected chi connectivity index (χ2v) is 4.65. The molecule has 1 aromatic carbocycles. The van der Waals surface area contributed by atoms with Gasteiger partial charge >= 0.3 is 0 Å². The van der Waals surface area contributed by atoms with Crippen LogP contribution in [-0.4, -0.2) is 8.42 Å². The van der Waals surface area contributed by atoms with Crippen LogP contribution < -0.4 is 0 Å². The summed E-state index contributed by atoms with van der Waals surface area (Å²) >= 11 is 0.195. The first-order chi connectivity index (χ1) is 6.06. The van der Waals surface area contributed by atoms with Crippen LogP contribution in [0.4, 0.5) is 0 Å². The third-order valence-corrected chi connectivity index (χ3v) is 3.41. The van der Waals surface area contributed by atoms with Gasteiger partial charge in [0.1, 0.15) is 0 Å². The van der Waals surface area contributed by atoms with Crippen molar-refractivity contribution in [2.75, 3.05) is 0 Å². The number of sulfonamides is 1. The van der Waals surface area contributed by atoms with E-state index < -0.39 is 10.0 Å². The molecule has 0 saturated carbocycles. The van der Waals surface area contributed by atoms with E-state index in [4.69, 9.17) is 4.78 Å². The maximum atomic E-state index is 11.2. The van der Waals surface area contributed by atoms with Crippen LogP contribution in [0.15, 0.2) is 32.9 Å². The quantitative estimate of drug-likeness (QED) is 0.817. The van der Waals surface area contributed by atoms with Crippen LogP contribution in [0.3, 0.4) is 0 Å². The van der Waals surface area contributed by atoms with Crippen LogP contribution in [0.1, 0.15) is 5.56 Å². The summed E-state index contributed by atoms with van der Waals surface area (Å²) in [7, 11) is -3.63. The highest BCUT2D eigenvalue weighted by atomic mass is 32.2. The highest BCUT2D eigenvalue weighted by molar-refractivity contribution is 7.93. The number of rotatable bonds is 2. The van der Waals surface area contributed by atoms with Gasteiger partial charge in [0, 0.05) is 0 Å². The second-order valence-electron chi connectivity index (χ2n) is 2.45. The predicted molar refractivity (Wildman–Crippen MR) is 50.9 cm³/mol. The van der Waals surface area contributed by atoms with Gasteiger partial charge in [-0.2, -0.15) is 8.42 Å². The molecule has 0 aliphatic heterocycles. The first-order valence-electron chi connectivity index (χ1n) is 3.43. The Kier molecular flexibility index (Phi) is 2.94. The van der Waals surface area contributed by atoms with E-state index >= 15 is 0 Å². The molecule has 13 heavy (non-hydrogen) atoms. The molecule has 0 aliphatic rings. The molecule has 0 unspecified atom stereocenters. The molecule has 1 aromatic rings. The van der Waals surface area contributed by atoms with Crippen molar-refractivity contribution in [1.82, 2.24) is 0 Å². The number of nitrogens with one attached hydrogen (secondary N) is 1. The Bertz CT molecular complexity index is 444. The average Bonchev–Trinajstić information content (AvgIpc) is 2.05. The van der Waals surface area contributed by atoms with Crippen molar-refractivity contribution in [3.8, 4) is 0 Å². The standard InChI is InChI=1S/C7H8N2O2S2/c1-6-2-4-7(5-3-6)13(10,11)9-12-8/h2-5,8H,1H3. The fraction of sp³-hybridized carbons (Fsp3) is 0.143. The van der Waals surface area contributed by atoms with Crippen LogP contribution in [0.2, 0.25) is 0 Å².